The van der Waals surface area contributed by atoms with E-state index in [4.69, 9.17) is 0 Å². The van der Waals surface area contributed by atoms with Crippen LogP contribution in [0.5, 0.6) is 0 Å². The number of rotatable bonds is 8. The molecule has 0 spiro atoms. The van der Waals surface area contributed by atoms with Crippen molar-refractivity contribution >= 4 is 34.8 Å². The molecule has 0 saturated carbocycles. The van der Waals surface area contributed by atoms with Gasteiger partial charge in [-0.2, -0.15) is 0 Å². The number of carbonyl (C=O) groups excluding carboxylic acids is 3. The molecule has 0 saturated heterocycles. The van der Waals surface area contributed by atoms with Gasteiger partial charge in [0.05, 0.1) is 18.7 Å². The van der Waals surface area contributed by atoms with E-state index in [0.29, 0.717) is 16.9 Å². The molecule has 33 heavy (non-hydrogen) atoms. The van der Waals surface area contributed by atoms with Crippen molar-refractivity contribution in [2.75, 3.05) is 29.0 Å². The molecule has 170 valence electrons. The molecule has 7 heteroatoms. The summed E-state index contributed by atoms with van der Waals surface area (Å²) in [5.74, 6) is -0.949. The molecule has 3 aromatic carbocycles. The Balaban J connectivity index is 1.52. The first-order valence-corrected chi connectivity index (χ1v) is 10.7. The number of benzene rings is 3. The van der Waals surface area contributed by atoms with Crippen molar-refractivity contribution < 1.29 is 14.4 Å². The number of nitrogens with one attached hydrogen (secondary N) is 4. The lowest BCUT2D eigenvalue weighted by molar-refractivity contribution is -0.122. The van der Waals surface area contributed by atoms with Crippen molar-refractivity contribution in [2.24, 2.45) is 0 Å². The second-order valence-corrected chi connectivity index (χ2v) is 7.82. The quantitative estimate of drug-likeness (QED) is 0.422. The van der Waals surface area contributed by atoms with E-state index >= 15 is 0 Å². The summed E-state index contributed by atoms with van der Waals surface area (Å²) in [6, 6.07) is 20.1. The monoisotopic (exact) mass is 444 g/mol. The maximum absolute atomic E-state index is 12.6. The molecule has 3 aromatic rings. The molecule has 3 rings (SSSR count). The molecule has 0 aliphatic carbocycles. The fourth-order valence-corrected chi connectivity index (χ4v) is 3.53. The molecular formula is C26H28N4O3. The summed E-state index contributed by atoms with van der Waals surface area (Å²) in [5, 5.41) is 11.3. The summed E-state index contributed by atoms with van der Waals surface area (Å²) in [6.45, 7) is 5.64. The van der Waals surface area contributed by atoms with Gasteiger partial charge >= 0.3 is 0 Å². The third-order valence-corrected chi connectivity index (χ3v) is 5.03. The molecular weight excluding hydrogens is 416 g/mol. The van der Waals surface area contributed by atoms with Crippen LogP contribution in [0.2, 0.25) is 0 Å². The number of hydrogen-bond donors (Lipinski definition) is 4. The minimum atomic E-state index is -0.360. The zero-order valence-electron chi connectivity index (χ0n) is 19.0. The number of aryl methyl sites for hydroxylation is 3. The van der Waals surface area contributed by atoms with E-state index in [0.717, 1.165) is 22.4 Å². The molecule has 0 aliphatic rings. The van der Waals surface area contributed by atoms with Gasteiger partial charge in [0, 0.05) is 17.1 Å². The van der Waals surface area contributed by atoms with Crippen LogP contribution in [0, 0.1) is 20.8 Å². The van der Waals surface area contributed by atoms with Gasteiger partial charge in [-0.05, 0) is 56.2 Å². The van der Waals surface area contributed by atoms with E-state index in [1.807, 2.05) is 51.1 Å². The molecule has 4 N–H and O–H groups in total. The molecule has 0 atom stereocenters. The van der Waals surface area contributed by atoms with Gasteiger partial charge in [-0.3, -0.25) is 14.4 Å². The third kappa shape index (κ3) is 6.67. The van der Waals surface area contributed by atoms with Crippen LogP contribution in [0.15, 0.2) is 66.7 Å². The van der Waals surface area contributed by atoms with Gasteiger partial charge in [0.2, 0.25) is 11.8 Å². The Bertz CT molecular complexity index is 1140. The summed E-state index contributed by atoms with van der Waals surface area (Å²) in [6.07, 6.45) is 0. The Labute approximate surface area is 193 Å². The first-order valence-electron chi connectivity index (χ1n) is 10.7. The topological polar surface area (TPSA) is 99.3 Å². The van der Waals surface area contributed by atoms with E-state index in [1.165, 1.54) is 0 Å². The standard InChI is InChI=1S/C26H28N4O3/c1-17-13-18(2)25(19(3)14-17)30-24(32)16-28-23(31)15-27-22-12-8-7-11-21(22)26(33)29-20-9-5-4-6-10-20/h4-14,27H,15-16H2,1-3H3,(H,28,31)(H,29,33)(H,30,32). The smallest absolute Gasteiger partial charge is 0.257 e. The number of amides is 3. The first-order chi connectivity index (χ1) is 15.8. The normalized spacial score (nSPS) is 10.3. The van der Waals surface area contributed by atoms with Gasteiger partial charge in [0.1, 0.15) is 0 Å². The lowest BCUT2D eigenvalue weighted by Crippen LogP contribution is -2.36. The maximum Gasteiger partial charge on any atom is 0.257 e. The molecule has 3 amide bonds. The predicted octanol–water partition coefficient (Wildman–Crippen LogP) is 4.03. The summed E-state index contributed by atoms with van der Waals surface area (Å²) in [7, 11) is 0. The van der Waals surface area contributed by atoms with Gasteiger partial charge in [0.25, 0.3) is 5.91 Å². The van der Waals surface area contributed by atoms with Crippen LogP contribution in [-0.4, -0.2) is 30.8 Å². The summed E-state index contributed by atoms with van der Waals surface area (Å²) in [5.41, 5.74) is 5.45. The van der Waals surface area contributed by atoms with Crippen LogP contribution < -0.4 is 21.3 Å². The largest absolute Gasteiger partial charge is 0.376 e. The highest BCUT2D eigenvalue weighted by Crippen LogP contribution is 2.21. The Morgan fingerprint density at radius 2 is 1.36 bits per heavy atom. The zero-order chi connectivity index (χ0) is 23.8. The van der Waals surface area contributed by atoms with E-state index in [-0.39, 0.29) is 30.8 Å². The number of anilines is 3. The van der Waals surface area contributed by atoms with Crippen molar-refractivity contribution in [3.8, 4) is 0 Å². The van der Waals surface area contributed by atoms with Crippen LogP contribution in [0.4, 0.5) is 17.1 Å². The molecule has 7 nitrogen and oxygen atoms in total. The second kappa shape index (κ2) is 10.9. The maximum atomic E-state index is 12.6. The van der Waals surface area contributed by atoms with Gasteiger partial charge in [-0.15, -0.1) is 0 Å². The van der Waals surface area contributed by atoms with Crippen molar-refractivity contribution in [1.29, 1.82) is 0 Å². The van der Waals surface area contributed by atoms with E-state index in [2.05, 4.69) is 21.3 Å². The molecule has 0 aliphatic heterocycles. The van der Waals surface area contributed by atoms with Crippen molar-refractivity contribution in [2.45, 2.75) is 20.8 Å². The van der Waals surface area contributed by atoms with Gasteiger partial charge in [-0.25, -0.2) is 0 Å². The molecule has 0 heterocycles. The van der Waals surface area contributed by atoms with Crippen LogP contribution >= 0.6 is 0 Å². The lowest BCUT2D eigenvalue weighted by Gasteiger charge is -2.14. The SMILES string of the molecule is Cc1cc(C)c(NC(=O)CNC(=O)CNc2ccccc2C(=O)Nc2ccccc2)c(C)c1. The summed E-state index contributed by atoms with van der Waals surface area (Å²) < 4.78 is 0. The van der Waals surface area contributed by atoms with Crippen LogP contribution in [0.25, 0.3) is 0 Å². The first kappa shape index (κ1) is 23.5. The Hall–Kier alpha value is -4.13. The van der Waals surface area contributed by atoms with E-state index < -0.39 is 0 Å². The Kier molecular flexibility index (Phi) is 7.81. The minimum Gasteiger partial charge on any atom is -0.376 e. The van der Waals surface area contributed by atoms with Crippen LogP contribution in [0.1, 0.15) is 27.0 Å². The zero-order valence-corrected chi connectivity index (χ0v) is 19.0. The van der Waals surface area contributed by atoms with Crippen molar-refractivity contribution in [1.82, 2.24) is 5.32 Å². The van der Waals surface area contributed by atoms with Gasteiger partial charge in [-0.1, -0.05) is 48.0 Å². The van der Waals surface area contributed by atoms with Gasteiger partial charge in [0.15, 0.2) is 0 Å². The van der Waals surface area contributed by atoms with E-state index in [9.17, 15) is 14.4 Å². The number of hydrogen-bond acceptors (Lipinski definition) is 4. The molecule has 0 aromatic heterocycles. The average molecular weight is 445 g/mol. The second-order valence-electron chi connectivity index (χ2n) is 7.82. The van der Waals surface area contributed by atoms with Crippen LogP contribution in [-0.2, 0) is 9.59 Å². The molecule has 0 unspecified atom stereocenters. The Morgan fingerprint density at radius 1 is 0.727 bits per heavy atom. The Morgan fingerprint density at radius 3 is 2.06 bits per heavy atom. The average Bonchev–Trinajstić information content (AvgIpc) is 2.79. The fourth-order valence-electron chi connectivity index (χ4n) is 3.53. The van der Waals surface area contributed by atoms with Crippen molar-refractivity contribution in [3.63, 3.8) is 0 Å². The summed E-state index contributed by atoms with van der Waals surface area (Å²) >= 11 is 0. The van der Waals surface area contributed by atoms with Crippen LogP contribution in [0.3, 0.4) is 0 Å². The van der Waals surface area contributed by atoms with Gasteiger partial charge < -0.3 is 21.3 Å². The fraction of sp³-hybridized carbons (Fsp3) is 0.192. The van der Waals surface area contributed by atoms with E-state index in [1.54, 1.807) is 36.4 Å². The predicted molar refractivity (Wildman–Crippen MR) is 132 cm³/mol. The number of carbonyl (C=O) groups is 3. The highest BCUT2D eigenvalue weighted by Gasteiger charge is 2.13. The molecule has 0 bridgehead atoms. The number of para-hydroxylation sites is 2. The van der Waals surface area contributed by atoms with Crippen molar-refractivity contribution in [3.05, 3.63) is 89.0 Å². The highest BCUT2D eigenvalue weighted by molar-refractivity contribution is 6.08. The molecule has 0 radical (unpaired) electrons. The molecule has 0 fully saturated rings. The highest BCUT2D eigenvalue weighted by atomic mass is 16.2. The third-order valence-electron chi connectivity index (χ3n) is 5.03. The minimum absolute atomic E-state index is 0.0779. The lowest BCUT2D eigenvalue weighted by atomic mass is 10.1. The summed E-state index contributed by atoms with van der Waals surface area (Å²) in [4.78, 5) is 37.2.